The Morgan fingerprint density at radius 1 is 1.30 bits per heavy atom. The van der Waals surface area contributed by atoms with E-state index in [2.05, 4.69) is 4.72 Å². The first-order chi connectivity index (χ1) is 9.11. The van der Waals surface area contributed by atoms with Crippen molar-refractivity contribution in [1.82, 2.24) is 4.72 Å². The van der Waals surface area contributed by atoms with Gasteiger partial charge in [0, 0.05) is 0 Å². The van der Waals surface area contributed by atoms with Crippen molar-refractivity contribution in [3.8, 4) is 0 Å². The van der Waals surface area contributed by atoms with Crippen molar-refractivity contribution in [3.05, 3.63) is 29.8 Å². The molecule has 0 saturated heterocycles. The summed E-state index contributed by atoms with van der Waals surface area (Å²) in [5.74, 6) is 0. The fourth-order valence-electron chi connectivity index (χ4n) is 1.44. The fraction of sp³-hybridized carbons (Fsp3) is 0.462. The van der Waals surface area contributed by atoms with E-state index in [1.54, 1.807) is 43.7 Å². The Kier molecular flexibility index (Phi) is 4.99. The average molecular weight is 300 g/mol. The third-order valence-electron chi connectivity index (χ3n) is 2.20. The standard InChI is InChI=1S/C13H20N2O4S/c1-5-10-7-6-8-11(9-10)14-20(17,18)15-12(16)19-13(2,3)4/h6-9,14H,5H2,1-4H3,(H,15,16). The van der Waals surface area contributed by atoms with Gasteiger partial charge in [-0.1, -0.05) is 19.1 Å². The van der Waals surface area contributed by atoms with Crippen molar-refractivity contribution in [2.45, 2.75) is 39.7 Å². The zero-order chi connectivity index (χ0) is 15.4. The number of rotatable bonds is 4. The number of hydrogen-bond donors (Lipinski definition) is 2. The van der Waals surface area contributed by atoms with Crippen molar-refractivity contribution in [3.63, 3.8) is 0 Å². The molecular weight excluding hydrogens is 280 g/mol. The molecule has 0 radical (unpaired) electrons. The van der Waals surface area contributed by atoms with Crippen LogP contribution in [0.1, 0.15) is 33.3 Å². The molecule has 0 fully saturated rings. The molecule has 0 unspecified atom stereocenters. The lowest BCUT2D eigenvalue weighted by Gasteiger charge is -2.19. The van der Waals surface area contributed by atoms with Crippen LogP contribution >= 0.6 is 0 Å². The predicted octanol–water partition coefficient (Wildman–Crippen LogP) is 2.43. The molecule has 0 heterocycles. The van der Waals surface area contributed by atoms with E-state index in [0.717, 1.165) is 12.0 Å². The lowest BCUT2D eigenvalue weighted by molar-refractivity contribution is 0.0570. The maximum Gasteiger partial charge on any atom is 0.422 e. The van der Waals surface area contributed by atoms with Crippen LogP contribution in [0.25, 0.3) is 0 Å². The largest absolute Gasteiger partial charge is 0.443 e. The zero-order valence-electron chi connectivity index (χ0n) is 12.1. The first kappa shape index (κ1) is 16.3. The van der Waals surface area contributed by atoms with Gasteiger partial charge in [0.15, 0.2) is 0 Å². The van der Waals surface area contributed by atoms with Crippen molar-refractivity contribution >= 4 is 22.0 Å². The molecule has 2 N–H and O–H groups in total. The molecule has 1 aromatic rings. The summed E-state index contributed by atoms with van der Waals surface area (Å²) in [5.41, 5.74) is 0.615. The molecule has 1 rings (SSSR count). The number of anilines is 1. The minimum absolute atomic E-state index is 0.389. The summed E-state index contributed by atoms with van der Waals surface area (Å²) in [6, 6.07) is 6.94. The Bertz CT molecular complexity index is 576. The normalized spacial score (nSPS) is 11.8. The molecule has 0 aliphatic carbocycles. The zero-order valence-corrected chi connectivity index (χ0v) is 12.9. The average Bonchev–Trinajstić information content (AvgIpc) is 2.24. The van der Waals surface area contributed by atoms with E-state index in [9.17, 15) is 13.2 Å². The smallest absolute Gasteiger partial charge is 0.422 e. The number of benzene rings is 1. The van der Waals surface area contributed by atoms with Crippen LogP contribution in [-0.4, -0.2) is 20.1 Å². The number of aryl methyl sites for hydroxylation is 1. The van der Waals surface area contributed by atoms with E-state index in [4.69, 9.17) is 4.74 Å². The van der Waals surface area contributed by atoms with Crippen LogP contribution in [0.3, 0.4) is 0 Å². The van der Waals surface area contributed by atoms with Gasteiger partial charge in [0.1, 0.15) is 5.60 Å². The third-order valence-corrected chi connectivity index (χ3v) is 3.14. The molecule has 0 aliphatic rings. The molecule has 112 valence electrons. The van der Waals surface area contributed by atoms with Crippen LogP contribution in [0.2, 0.25) is 0 Å². The van der Waals surface area contributed by atoms with E-state index in [1.807, 2.05) is 13.0 Å². The van der Waals surface area contributed by atoms with Crippen LogP contribution in [0, 0.1) is 0 Å². The summed E-state index contributed by atoms with van der Waals surface area (Å²) in [6.07, 6.45) is -0.230. The van der Waals surface area contributed by atoms with Gasteiger partial charge in [-0.05, 0) is 44.9 Å². The summed E-state index contributed by atoms with van der Waals surface area (Å²) in [7, 11) is -4.01. The Balaban J connectivity index is 2.72. The van der Waals surface area contributed by atoms with Gasteiger partial charge in [-0.2, -0.15) is 8.42 Å². The van der Waals surface area contributed by atoms with Gasteiger partial charge in [0.2, 0.25) is 0 Å². The number of ether oxygens (including phenoxy) is 1. The van der Waals surface area contributed by atoms with Gasteiger partial charge in [-0.3, -0.25) is 4.72 Å². The maximum absolute atomic E-state index is 11.8. The second-order valence-electron chi connectivity index (χ2n) is 5.26. The van der Waals surface area contributed by atoms with E-state index in [-0.39, 0.29) is 0 Å². The summed E-state index contributed by atoms with van der Waals surface area (Å²) in [5, 5.41) is 0. The van der Waals surface area contributed by atoms with Gasteiger partial charge in [0.05, 0.1) is 5.69 Å². The Hall–Kier alpha value is -1.76. The molecule has 0 spiro atoms. The second-order valence-corrected chi connectivity index (χ2v) is 6.68. The molecule has 0 bridgehead atoms. The van der Waals surface area contributed by atoms with Gasteiger partial charge in [-0.25, -0.2) is 9.52 Å². The topological polar surface area (TPSA) is 84.5 Å². The summed E-state index contributed by atoms with van der Waals surface area (Å²) >= 11 is 0. The maximum atomic E-state index is 11.8. The van der Waals surface area contributed by atoms with E-state index >= 15 is 0 Å². The summed E-state index contributed by atoms with van der Waals surface area (Å²) in [6.45, 7) is 6.92. The van der Waals surface area contributed by atoms with Crippen molar-refractivity contribution in [2.75, 3.05) is 4.72 Å². The van der Waals surface area contributed by atoms with Gasteiger partial charge in [0.25, 0.3) is 0 Å². The molecule has 1 amide bonds. The van der Waals surface area contributed by atoms with Gasteiger partial charge >= 0.3 is 16.3 Å². The molecule has 0 saturated carbocycles. The number of carbonyl (C=O) groups is 1. The van der Waals surface area contributed by atoms with Crippen molar-refractivity contribution in [2.24, 2.45) is 0 Å². The quantitative estimate of drug-likeness (QED) is 0.894. The molecule has 0 aromatic heterocycles. The third kappa shape index (κ3) is 5.92. The highest BCUT2D eigenvalue weighted by molar-refractivity contribution is 7.91. The van der Waals surface area contributed by atoms with Crippen LogP contribution in [-0.2, 0) is 21.4 Å². The van der Waals surface area contributed by atoms with E-state index in [0.29, 0.717) is 5.69 Å². The van der Waals surface area contributed by atoms with E-state index in [1.165, 1.54) is 0 Å². The van der Waals surface area contributed by atoms with Gasteiger partial charge < -0.3 is 4.74 Å². The molecular formula is C13H20N2O4S. The second kappa shape index (κ2) is 6.13. The summed E-state index contributed by atoms with van der Waals surface area (Å²) < 4.78 is 32.5. The molecule has 6 nitrogen and oxygen atoms in total. The molecule has 1 aromatic carbocycles. The fourth-order valence-corrected chi connectivity index (χ4v) is 2.19. The first-order valence-electron chi connectivity index (χ1n) is 6.24. The molecule has 0 aliphatic heterocycles. The SMILES string of the molecule is CCc1cccc(NS(=O)(=O)NC(=O)OC(C)(C)C)c1. The number of hydrogen-bond acceptors (Lipinski definition) is 4. The van der Waals surface area contributed by atoms with Crippen LogP contribution in [0.4, 0.5) is 10.5 Å². The van der Waals surface area contributed by atoms with Gasteiger partial charge in [-0.15, -0.1) is 0 Å². The van der Waals surface area contributed by atoms with Crippen LogP contribution in [0.15, 0.2) is 24.3 Å². The number of amides is 1. The highest BCUT2D eigenvalue weighted by atomic mass is 32.2. The van der Waals surface area contributed by atoms with E-state index < -0.39 is 21.9 Å². The first-order valence-corrected chi connectivity index (χ1v) is 7.72. The Labute approximate surface area is 119 Å². The van der Waals surface area contributed by atoms with Crippen molar-refractivity contribution < 1.29 is 17.9 Å². The minimum Gasteiger partial charge on any atom is -0.443 e. The number of carbonyl (C=O) groups excluding carboxylic acids is 1. The van der Waals surface area contributed by atoms with Crippen LogP contribution < -0.4 is 9.44 Å². The predicted molar refractivity (Wildman–Crippen MR) is 77.7 cm³/mol. The summed E-state index contributed by atoms with van der Waals surface area (Å²) in [4.78, 5) is 11.4. The highest BCUT2D eigenvalue weighted by Crippen LogP contribution is 2.12. The van der Waals surface area contributed by atoms with Crippen molar-refractivity contribution in [1.29, 1.82) is 0 Å². The van der Waals surface area contributed by atoms with Crippen LogP contribution in [0.5, 0.6) is 0 Å². The molecule has 7 heteroatoms. The molecule has 20 heavy (non-hydrogen) atoms. The highest BCUT2D eigenvalue weighted by Gasteiger charge is 2.21. The molecule has 0 atom stereocenters. The lowest BCUT2D eigenvalue weighted by atomic mass is 10.1. The minimum atomic E-state index is -4.01. The Morgan fingerprint density at radius 2 is 1.95 bits per heavy atom. The lowest BCUT2D eigenvalue weighted by Crippen LogP contribution is -2.39. The number of nitrogens with one attached hydrogen (secondary N) is 2. The Morgan fingerprint density at radius 3 is 2.50 bits per heavy atom. The monoisotopic (exact) mass is 300 g/mol.